The first-order chi connectivity index (χ1) is 18.4. The molecule has 1 amide bonds. The number of morpholine rings is 1. The Morgan fingerprint density at radius 3 is 2.39 bits per heavy atom. The maximum absolute atomic E-state index is 13.6. The van der Waals surface area contributed by atoms with Crippen molar-refractivity contribution in [1.29, 1.82) is 0 Å². The van der Waals surface area contributed by atoms with Crippen LogP contribution < -0.4 is 9.47 Å². The molecule has 0 radical (unpaired) electrons. The van der Waals surface area contributed by atoms with E-state index in [9.17, 15) is 13.2 Å². The van der Waals surface area contributed by atoms with Crippen LogP contribution in [0.15, 0.2) is 58.8 Å². The molecule has 3 aromatic rings. The van der Waals surface area contributed by atoms with Crippen molar-refractivity contribution in [3.8, 4) is 11.5 Å². The molecule has 1 saturated heterocycles. The lowest BCUT2D eigenvalue weighted by Crippen LogP contribution is -2.40. The number of benzene rings is 2. The third kappa shape index (κ3) is 5.31. The van der Waals surface area contributed by atoms with Crippen LogP contribution in [0, 0.1) is 0 Å². The summed E-state index contributed by atoms with van der Waals surface area (Å²) in [6, 6.07) is 14.8. The van der Waals surface area contributed by atoms with E-state index >= 15 is 0 Å². The molecule has 202 valence electrons. The highest BCUT2D eigenvalue weighted by Crippen LogP contribution is 2.42. The van der Waals surface area contributed by atoms with Crippen LogP contribution in [-0.2, 0) is 32.4 Å². The van der Waals surface area contributed by atoms with Crippen molar-refractivity contribution >= 4 is 27.3 Å². The minimum Gasteiger partial charge on any atom is -0.493 e. The first-order valence-corrected chi connectivity index (χ1v) is 15.0. The van der Waals surface area contributed by atoms with Crippen LogP contribution in [0.4, 0.5) is 0 Å². The lowest BCUT2D eigenvalue weighted by atomic mass is 9.90. The standard InChI is InChI=1S/C28H32N2O6S2/c1-34-24-18-21-11-12-30(28(26-4-3-17-37-26)23(21)19-25(24)35-2)27(31)10-7-20-5-8-22(9-6-20)38(32,33)29-13-15-36-16-14-29/h3-6,8-9,17-19,28H,7,10-16H2,1-2H3/t28-/m0/s1. The highest BCUT2D eigenvalue weighted by molar-refractivity contribution is 7.89. The Hall–Kier alpha value is -2.92. The quantitative estimate of drug-likeness (QED) is 0.419. The summed E-state index contributed by atoms with van der Waals surface area (Å²) < 4.78 is 43.6. The van der Waals surface area contributed by atoms with E-state index in [1.165, 1.54) is 4.31 Å². The van der Waals surface area contributed by atoms with Gasteiger partial charge < -0.3 is 19.1 Å². The highest BCUT2D eigenvalue weighted by atomic mass is 32.2. The van der Waals surface area contributed by atoms with Crippen molar-refractivity contribution in [2.75, 3.05) is 47.1 Å². The van der Waals surface area contributed by atoms with E-state index in [0.29, 0.717) is 57.2 Å². The Morgan fingerprint density at radius 1 is 1.03 bits per heavy atom. The molecule has 0 bridgehead atoms. The van der Waals surface area contributed by atoms with Gasteiger partial charge in [0.05, 0.1) is 38.4 Å². The van der Waals surface area contributed by atoms with Crippen molar-refractivity contribution in [2.45, 2.75) is 30.2 Å². The van der Waals surface area contributed by atoms with Gasteiger partial charge in [0, 0.05) is 30.9 Å². The van der Waals surface area contributed by atoms with Gasteiger partial charge in [0.25, 0.3) is 0 Å². The molecule has 8 nitrogen and oxygen atoms in total. The zero-order valence-electron chi connectivity index (χ0n) is 21.6. The number of carbonyl (C=O) groups is 1. The normalized spacial score (nSPS) is 18.2. The molecule has 3 heterocycles. The fraction of sp³-hybridized carbons (Fsp3) is 0.393. The van der Waals surface area contributed by atoms with Crippen molar-refractivity contribution in [3.63, 3.8) is 0 Å². The van der Waals surface area contributed by atoms with Gasteiger partial charge in [-0.25, -0.2) is 8.42 Å². The number of fused-ring (bicyclic) bond motifs is 1. The average molecular weight is 557 g/mol. The molecule has 1 aromatic heterocycles. The van der Waals surface area contributed by atoms with Gasteiger partial charge in [-0.05, 0) is 65.2 Å². The molecule has 2 aromatic carbocycles. The first kappa shape index (κ1) is 26.7. The Bertz CT molecular complexity index is 1370. The Kier molecular flexibility index (Phi) is 8.04. The van der Waals surface area contributed by atoms with Crippen LogP contribution in [0.2, 0.25) is 0 Å². The SMILES string of the molecule is COc1cc2c(cc1OC)[C@@H](c1cccs1)N(C(=O)CCc1ccc(S(=O)(=O)N3CCOCC3)cc1)CC2. The maximum atomic E-state index is 13.6. The molecule has 10 heteroatoms. The molecule has 0 N–H and O–H groups in total. The predicted molar refractivity (Wildman–Crippen MR) is 145 cm³/mol. The van der Waals surface area contributed by atoms with Crippen LogP contribution in [0.3, 0.4) is 0 Å². The fourth-order valence-corrected chi connectivity index (χ4v) is 7.39. The smallest absolute Gasteiger partial charge is 0.243 e. The predicted octanol–water partition coefficient (Wildman–Crippen LogP) is 3.89. The van der Waals surface area contributed by atoms with Gasteiger partial charge in [-0.1, -0.05) is 18.2 Å². The van der Waals surface area contributed by atoms with Gasteiger partial charge in [0.15, 0.2) is 11.5 Å². The minimum atomic E-state index is -3.54. The summed E-state index contributed by atoms with van der Waals surface area (Å²) in [5.74, 6) is 1.40. The van der Waals surface area contributed by atoms with Crippen molar-refractivity contribution in [1.82, 2.24) is 9.21 Å². The summed E-state index contributed by atoms with van der Waals surface area (Å²) >= 11 is 1.63. The van der Waals surface area contributed by atoms with Gasteiger partial charge in [0.2, 0.25) is 15.9 Å². The van der Waals surface area contributed by atoms with E-state index in [1.54, 1.807) is 49.8 Å². The van der Waals surface area contributed by atoms with E-state index in [0.717, 1.165) is 28.0 Å². The van der Waals surface area contributed by atoms with Gasteiger partial charge >= 0.3 is 0 Å². The van der Waals surface area contributed by atoms with Crippen LogP contribution in [0.1, 0.15) is 34.0 Å². The first-order valence-electron chi connectivity index (χ1n) is 12.7. The number of hydrogen-bond donors (Lipinski definition) is 0. The highest BCUT2D eigenvalue weighted by Gasteiger charge is 2.34. The number of rotatable bonds is 8. The molecule has 0 unspecified atom stereocenters. The molecule has 0 spiro atoms. The fourth-order valence-electron chi connectivity index (χ4n) is 5.13. The summed E-state index contributed by atoms with van der Waals surface area (Å²) in [5, 5.41) is 2.03. The Balaban J connectivity index is 1.32. The average Bonchev–Trinajstić information content (AvgIpc) is 3.50. The van der Waals surface area contributed by atoms with Gasteiger partial charge in [0.1, 0.15) is 0 Å². The number of hydrogen-bond acceptors (Lipinski definition) is 7. The topological polar surface area (TPSA) is 85.4 Å². The molecular weight excluding hydrogens is 524 g/mol. The molecule has 1 atom stereocenters. The lowest BCUT2D eigenvalue weighted by Gasteiger charge is -2.37. The second kappa shape index (κ2) is 11.4. The third-order valence-electron chi connectivity index (χ3n) is 7.17. The number of sulfonamides is 1. The van der Waals surface area contributed by atoms with Crippen molar-refractivity contribution < 1.29 is 27.4 Å². The molecule has 1 fully saturated rings. The number of methoxy groups -OCH3 is 2. The van der Waals surface area contributed by atoms with Crippen LogP contribution in [0.5, 0.6) is 11.5 Å². The van der Waals surface area contributed by atoms with Gasteiger partial charge in [-0.2, -0.15) is 4.31 Å². The summed E-state index contributed by atoms with van der Waals surface area (Å²) in [6.45, 7) is 2.16. The van der Waals surface area contributed by atoms with E-state index < -0.39 is 10.0 Å². The number of aryl methyl sites for hydroxylation is 1. The third-order valence-corrected chi connectivity index (χ3v) is 10.0. The second-order valence-corrected chi connectivity index (χ2v) is 12.2. The lowest BCUT2D eigenvalue weighted by molar-refractivity contribution is -0.133. The molecule has 2 aliphatic heterocycles. The van der Waals surface area contributed by atoms with Crippen LogP contribution in [-0.4, -0.2) is 70.6 Å². The zero-order chi connectivity index (χ0) is 26.7. The maximum Gasteiger partial charge on any atom is 0.243 e. The van der Waals surface area contributed by atoms with E-state index in [-0.39, 0.29) is 16.8 Å². The summed E-state index contributed by atoms with van der Waals surface area (Å²) in [6.07, 6.45) is 1.60. The number of carbonyl (C=O) groups excluding carboxylic acids is 1. The van der Waals surface area contributed by atoms with Gasteiger partial charge in [-0.15, -0.1) is 11.3 Å². The summed E-state index contributed by atoms with van der Waals surface area (Å²) in [5.41, 5.74) is 3.14. The Labute approximate surface area is 227 Å². The number of thiophene rings is 1. The van der Waals surface area contributed by atoms with Gasteiger partial charge in [-0.3, -0.25) is 4.79 Å². The summed E-state index contributed by atoms with van der Waals surface area (Å²) in [4.78, 5) is 16.9. The van der Waals surface area contributed by atoms with E-state index in [1.807, 2.05) is 28.5 Å². The van der Waals surface area contributed by atoms with Crippen molar-refractivity contribution in [2.24, 2.45) is 0 Å². The molecule has 38 heavy (non-hydrogen) atoms. The molecule has 2 aliphatic rings. The second-order valence-electron chi connectivity index (χ2n) is 9.32. The zero-order valence-corrected chi connectivity index (χ0v) is 23.2. The monoisotopic (exact) mass is 556 g/mol. The minimum absolute atomic E-state index is 0.0637. The molecule has 0 saturated carbocycles. The number of nitrogens with zero attached hydrogens (tertiary/aromatic N) is 2. The number of amides is 1. The molecule has 5 rings (SSSR count). The number of ether oxygens (including phenoxy) is 3. The largest absolute Gasteiger partial charge is 0.493 e. The van der Waals surface area contributed by atoms with Crippen LogP contribution >= 0.6 is 11.3 Å². The van der Waals surface area contributed by atoms with E-state index in [4.69, 9.17) is 14.2 Å². The molecular formula is C28H32N2O6S2. The van der Waals surface area contributed by atoms with Crippen molar-refractivity contribution in [3.05, 3.63) is 75.5 Å². The Morgan fingerprint density at radius 2 is 1.74 bits per heavy atom. The van der Waals surface area contributed by atoms with Crippen LogP contribution in [0.25, 0.3) is 0 Å². The van der Waals surface area contributed by atoms with E-state index in [2.05, 4.69) is 6.07 Å². The summed E-state index contributed by atoms with van der Waals surface area (Å²) in [7, 11) is -0.291. The molecule has 0 aliphatic carbocycles.